The summed E-state index contributed by atoms with van der Waals surface area (Å²) in [6.45, 7) is 2.44. The number of Topliss-reactive ketones (excluding diaryl/α,β-unsaturated/α-hetero) is 1. The number of hydrogen-bond donors (Lipinski definition) is 1. The van der Waals surface area contributed by atoms with Gasteiger partial charge in [-0.2, -0.15) is 5.10 Å². The van der Waals surface area contributed by atoms with E-state index in [2.05, 4.69) is 31.3 Å². The molecule has 1 atom stereocenters. The molecule has 0 spiro atoms. The lowest BCUT2D eigenvalue weighted by molar-refractivity contribution is 0.0277. The Bertz CT molecular complexity index is 933. The van der Waals surface area contributed by atoms with Gasteiger partial charge in [0.1, 0.15) is 4.60 Å². The van der Waals surface area contributed by atoms with E-state index in [1.807, 2.05) is 36.4 Å². The van der Waals surface area contributed by atoms with Crippen molar-refractivity contribution < 1.29 is 9.53 Å². The Hall–Kier alpha value is -2.35. The van der Waals surface area contributed by atoms with E-state index < -0.39 is 0 Å². The van der Waals surface area contributed by atoms with Gasteiger partial charge in [0.05, 0.1) is 30.2 Å². The van der Waals surface area contributed by atoms with Gasteiger partial charge in [0.25, 0.3) is 0 Å². The molecule has 0 saturated carbocycles. The second-order valence-corrected chi connectivity index (χ2v) is 7.23. The summed E-state index contributed by atoms with van der Waals surface area (Å²) in [6.07, 6.45) is 5.47. The summed E-state index contributed by atoms with van der Waals surface area (Å²) in [7, 11) is 0. The summed E-state index contributed by atoms with van der Waals surface area (Å²) in [5.74, 6) is 0.0395. The number of nitrogens with one attached hydrogen (secondary N) is 1. The lowest BCUT2D eigenvalue weighted by atomic mass is 10.0. The summed E-state index contributed by atoms with van der Waals surface area (Å²) in [5.41, 5.74) is 3.55. The summed E-state index contributed by atoms with van der Waals surface area (Å²) in [6, 6.07) is 11.8. The summed E-state index contributed by atoms with van der Waals surface area (Å²) < 4.78 is 8.16. The second kappa shape index (κ2) is 8.12. The molecule has 0 unspecified atom stereocenters. The minimum Gasteiger partial charge on any atom is -0.371 e. The molecule has 7 heteroatoms. The number of aromatic nitrogens is 3. The average molecular weight is 427 g/mol. The standard InChI is InChI=1S/C20H19BrN4O2/c21-20-10-17(5-6-23-20)25-13-16(11-24-25)18(26)9-14-1-3-15(4-2-14)19-12-22-7-8-27-19/h1-6,10-11,13,19,22H,7-9,12H2/t19-/m1/s1. The first-order valence-electron chi connectivity index (χ1n) is 8.80. The van der Waals surface area contributed by atoms with Crippen molar-refractivity contribution in [3.05, 3.63) is 76.3 Å². The maximum Gasteiger partial charge on any atom is 0.170 e. The van der Waals surface area contributed by atoms with Crippen LogP contribution < -0.4 is 5.32 Å². The highest BCUT2D eigenvalue weighted by atomic mass is 79.9. The van der Waals surface area contributed by atoms with Crippen molar-refractivity contribution in [2.75, 3.05) is 19.7 Å². The van der Waals surface area contributed by atoms with Crippen molar-refractivity contribution in [2.24, 2.45) is 0 Å². The summed E-state index contributed by atoms with van der Waals surface area (Å²) in [4.78, 5) is 16.7. The molecule has 27 heavy (non-hydrogen) atoms. The van der Waals surface area contributed by atoms with Crippen molar-refractivity contribution >= 4 is 21.7 Å². The number of rotatable bonds is 5. The molecule has 1 aliphatic rings. The highest BCUT2D eigenvalue weighted by Crippen LogP contribution is 2.20. The van der Waals surface area contributed by atoms with Gasteiger partial charge in [-0.25, -0.2) is 9.67 Å². The van der Waals surface area contributed by atoms with Crippen molar-refractivity contribution in [1.82, 2.24) is 20.1 Å². The molecule has 6 nitrogen and oxygen atoms in total. The van der Waals surface area contributed by atoms with Crippen LogP contribution >= 0.6 is 15.9 Å². The molecule has 0 amide bonds. The zero-order chi connectivity index (χ0) is 18.6. The molecule has 1 aromatic carbocycles. The zero-order valence-corrected chi connectivity index (χ0v) is 16.2. The van der Waals surface area contributed by atoms with Gasteiger partial charge in [-0.05, 0) is 39.2 Å². The number of halogens is 1. The Labute approximate surface area is 165 Å². The maximum atomic E-state index is 12.6. The van der Waals surface area contributed by atoms with Gasteiger partial charge in [0, 0.05) is 31.9 Å². The number of benzene rings is 1. The minimum atomic E-state index is 0.0395. The third kappa shape index (κ3) is 4.32. The van der Waals surface area contributed by atoms with E-state index in [-0.39, 0.29) is 11.9 Å². The predicted molar refractivity (Wildman–Crippen MR) is 105 cm³/mol. The Morgan fingerprint density at radius 1 is 1.30 bits per heavy atom. The van der Waals surface area contributed by atoms with E-state index >= 15 is 0 Å². The normalized spacial score (nSPS) is 17.0. The first-order valence-corrected chi connectivity index (χ1v) is 9.59. The summed E-state index contributed by atoms with van der Waals surface area (Å²) >= 11 is 3.34. The fraction of sp³-hybridized carbons (Fsp3) is 0.250. The van der Waals surface area contributed by atoms with Gasteiger partial charge in [-0.3, -0.25) is 4.79 Å². The average Bonchev–Trinajstić information content (AvgIpc) is 3.20. The van der Waals surface area contributed by atoms with Gasteiger partial charge in [-0.15, -0.1) is 0 Å². The van der Waals surface area contributed by atoms with Crippen molar-refractivity contribution in [3.63, 3.8) is 0 Å². The molecule has 1 aliphatic heterocycles. The summed E-state index contributed by atoms with van der Waals surface area (Å²) in [5, 5.41) is 7.61. The van der Waals surface area contributed by atoms with Gasteiger partial charge >= 0.3 is 0 Å². The van der Waals surface area contributed by atoms with Crippen LogP contribution in [0.4, 0.5) is 0 Å². The number of carbonyl (C=O) groups excluding carboxylic acids is 1. The molecule has 3 aromatic rings. The van der Waals surface area contributed by atoms with Crippen molar-refractivity contribution in [1.29, 1.82) is 0 Å². The molecule has 1 fully saturated rings. The lowest BCUT2D eigenvalue weighted by Crippen LogP contribution is -2.33. The van der Waals surface area contributed by atoms with Crippen LogP contribution in [0.1, 0.15) is 27.6 Å². The molecule has 138 valence electrons. The van der Waals surface area contributed by atoms with E-state index in [1.54, 1.807) is 23.3 Å². The number of carbonyl (C=O) groups is 1. The fourth-order valence-electron chi connectivity index (χ4n) is 3.06. The monoisotopic (exact) mass is 426 g/mol. The molecule has 4 rings (SSSR count). The van der Waals surface area contributed by atoms with Crippen molar-refractivity contribution in [2.45, 2.75) is 12.5 Å². The molecular weight excluding hydrogens is 408 g/mol. The topological polar surface area (TPSA) is 69.0 Å². The molecule has 0 radical (unpaired) electrons. The number of nitrogens with zero attached hydrogens (tertiary/aromatic N) is 3. The zero-order valence-electron chi connectivity index (χ0n) is 14.6. The van der Waals surface area contributed by atoms with E-state index in [0.29, 0.717) is 12.0 Å². The molecule has 1 saturated heterocycles. The van der Waals surface area contributed by atoms with E-state index in [9.17, 15) is 4.79 Å². The van der Waals surface area contributed by atoms with Crippen LogP contribution in [-0.2, 0) is 11.2 Å². The predicted octanol–water partition coefficient (Wildman–Crippen LogP) is 3.12. The SMILES string of the molecule is O=C(Cc1ccc([C@H]2CNCCO2)cc1)c1cnn(-c2ccnc(Br)c2)c1. The van der Waals surface area contributed by atoms with E-state index in [1.165, 1.54) is 0 Å². The third-order valence-electron chi connectivity index (χ3n) is 4.52. The number of ketones is 1. The highest BCUT2D eigenvalue weighted by Gasteiger charge is 2.16. The molecule has 3 heterocycles. The van der Waals surface area contributed by atoms with Gasteiger partial charge in [0.15, 0.2) is 5.78 Å². The molecule has 2 aromatic heterocycles. The Kier molecular flexibility index (Phi) is 5.42. The third-order valence-corrected chi connectivity index (χ3v) is 4.96. The largest absolute Gasteiger partial charge is 0.371 e. The number of morpholine rings is 1. The smallest absolute Gasteiger partial charge is 0.170 e. The van der Waals surface area contributed by atoms with Crippen LogP contribution in [0.2, 0.25) is 0 Å². The van der Waals surface area contributed by atoms with Crippen LogP contribution in [0.15, 0.2) is 59.6 Å². The Morgan fingerprint density at radius 2 is 2.15 bits per heavy atom. The number of ether oxygens (including phenoxy) is 1. The van der Waals surface area contributed by atoms with Crippen LogP contribution in [-0.4, -0.2) is 40.2 Å². The van der Waals surface area contributed by atoms with Gasteiger partial charge < -0.3 is 10.1 Å². The highest BCUT2D eigenvalue weighted by molar-refractivity contribution is 9.10. The van der Waals surface area contributed by atoms with Crippen LogP contribution in [0.5, 0.6) is 0 Å². The van der Waals surface area contributed by atoms with Crippen LogP contribution in [0.3, 0.4) is 0 Å². The van der Waals surface area contributed by atoms with Crippen LogP contribution in [0.25, 0.3) is 5.69 Å². The first-order chi connectivity index (χ1) is 13.2. The Balaban J connectivity index is 1.43. The Morgan fingerprint density at radius 3 is 2.89 bits per heavy atom. The molecular formula is C20H19BrN4O2. The number of pyridine rings is 1. The maximum absolute atomic E-state index is 12.6. The van der Waals surface area contributed by atoms with E-state index in [0.717, 1.165) is 41.1 Å². The fourth-order valence-corrected chi connectivity index (χ4v) is 3.41. The lowest BCUT2D eigenvalue weighted by Gasteiger charge is -2.24. The van der Waals surface area contributed by atoms with Crippen molar-refractivity contribution in [3.8, 4) is 5.69 Å². The van der Waals surface area contributed by atoms with Crippen LogP contribution in [0, 0.1) is 0 Å². The number of hydrogen-bond acceptors (Lipinski definition) is 5. The molecule has 1 N–H and O–H groups in total. The molecule has 0 bridgehead atoms. The van der Waals surface area contributed by atoms with E-state index in [4.69, 9.17) is 4.74 Å². The second-order valence-electron chi connectivity index (χ2n) is 6.42. The van der Waals surface area contributed by atoms with Gasteiger partial charge in [0.2, 0.25) is 0 Å². The molecule has 0 aliphatic carbocycles. The quantitative estimate of drug-likeness (QED) is 0.501. The minimum absolute atomic E-state index is 0.0395. The van der Waals surface area contributed by atoms with Gasteiger partial charge in [-0.1, -0.05) is 24.3 Å². The first kappa shape index (κ1) is 18.0.